The van der Waals surface area contributed by atoms with E-state index in [1.54, 1.807) is 17.9 Å². The van der Waals surface area contributed by atoms with Crippen LogP contribution in [0.5, 0.6) is 5.75 Å². The van der Waals surface area contributed by atoms with Crippen molar-refractivity contribution in [3.05, 3.63) is 53.3 Å². The summed E-state index contributed by atoms with van der Waals surface area (Å²) in [6, 6.07) is 7.52. The summed E-state index contributed by atoms with van der Waals surface area (Å²) in [4.78, 5) is 68.6. The molecule has 2 aromatic rings. The summed E-state index contributed by atoms with van der Waals surface area (Å²) in [7, 11) is 1.85. The number of rotatable bonds is 28. The van der Waals surface area contributed by atoms with Crippen LogP contribution in [0.4, 0.5) is 5.69 Å². The number of aliphatic hydroxyl groups excluding tert-OH is 4. The van der Waals surface area contributed by atoms with Crippen LogP contribution in [0.1, 0.15) is 145 Å². The SMILES string of the molecule is Cc1cc(C[n+]2ccc(CC(CCCCCCCCC(=O)N(C)CC3(CO)CCCC3)=NC#N)cc2)cc(NC(=O)CCCC(=O)C2(NC(=O)CCC(=O)O)CCC2)c1OC1OCC(O)[C@H](O)[C@@H]1O. The first kappa shape index (κ1) is 54.6. The van der Waals surface area contributed by atoms with Gasteiger partial charge in [-0.3, -0.25) is 24.0 Å². The fraction of sp³-hybridized carbons (Fsp3) is 0.647. The molecule has 1 saturated heterocycles. The van der Waals surface area contributed by atoms with Crippen molar-refractivity contribution in [1.82, 2.24) is 10.2 Å². The number of carboxylic acid groups (broad SMARTS) is 1. The number of benzene rings is 1. The van der Waals surface area contributed by atoms with E-state index in [9.17, 15) is 49.7 Å². The Morgan fingerprint density at radius 3 is 2.17 bits per heavy atom. The molecule has 1 aliphatic heterocycles. The zero-order chi connectivity index (χ0) is 50.0. The molecule has 18 nitrogen and oxygen atoms in total. The molecule has 0 radical (unpaired) electrons. The summed E-state index contributed by atoms with van der Waals surface area (Å²) in [5.74, 6) is -1.93. The van der Waals surface area contributed by atoms with Crippen molar-refractivity contribution in [2.75, 3.05) is 32.1 Å². The third-order valence-corrected chi connectivity index (χ3v) is 13.8. The number of nitrogens with one attached hydrogen (secondary N) is 2. The molecular formula is C51H73N6O12+. The highest BCUT2D eigenvalue weighted by atomic mass is 16.7. The van der Waals surface area contributed by atoms with Gasteiger partial charge < -0.3 is 50.5 Å². The largest absolute Gasteiger partial charge is 0.481 e. The first-order valence-corrected chi connectivity index (χ1v) is 24.7. The van der Waals surface area contributed by atoms with Gasteiger partial charge in [-0.2, -0.15) is 10.3 Å². The Hall–Kier alpha value is -5.32. The zero-order valence-electron chi connectivity index (χ0n) is 40.3. The molecule has 1 aromatic heterocycles. The van der Waals surface area contributed by atoms with E-state index in [-0.39, 0.29) is 73.9 Å². The normalized spacial score (nSPS) is 20.6. The van der Waals surface area contributed by atoms with Crippen molar-refractivity contribution in [2.24, 2.45) is 10.4 Å². The number of aryl methyl sites for hydroxylation is 1. The van der Waals surface area contributed by atoms with Gasteiger partial charge in [-0.15, -0.1) is 0 Å². The van der Waals surface area contributed by atoms with Gasteiger partial charge in [-0.1, -0.05) is 38.5 Å². The second-order valence-corrected chi connectivity index (χ2v) is 19.4. The quantitative estimate of drug-likeness (QED) is 0.0271. The number of aliphatic carboxylic acids is 1. The molecule has 5 rings (SSSR count). The molecule has 7 N–H and O–H groups in total. The molecule has 0 bridgehead atoms. The number of pyridine rings is 1. The number of nitriles is 1. The van der Waals surface area contributed by atoms with Crippen LogP contribution in [0.15, 0.2) is 41.7 Å². The third kappa shape index (κ3) is 16.4. The second-order valence-electron chi connectivity index (χ2n) is 19.4. The number of Topliss-reactive ketones (excluding diaryl/α,β-unsaturated/α-hetero) is 1. The number of anilines is 1. The summed E-state index contributed by atoms with van der Waals surface area (Å²) in [6.45, 7) is 2.63. The van der Waals surface area contributed by atoms with Gasteiger partial charge in [0.25, 0.3) is 0 Å². The maximum Gasteiger partial charge on any atom is 0.303 e. The van der Waals surface area contributed by atoms with Gasteiger partial charge in [0.15, 0.2) is 24.7 Å². The molecule has 2 aliphatic carbocycles. The summed E-state index contributed by atoms with van der Waals surface area (Å²) in [6.07, 6.45) is 13.0. The number of aliphatic hydroxyl groups is 4. The van der Waals surface area contributed by atoms with Crippen molar-refractivity contribution in [3.63, 3.8) is 0 Å². The van der Waals surface area contributed by atoms with Crippen molar-refractivity contribution >= 4 is 40.9 Å². The number of carboxylic acids is 1. The lowest BCUT2D eigenvalue weighted by molar-refractivity contribution is -0.688. The maximum absolute atomic E-state index is 13.4. The number of carbonyl (C=O) groups excluding carboxylic acids is 4. The van der Waals surface area contributed by atoms with Crippen LogP contribution < -0.4 is 19.9 Å². The van der Waals surface area contributed by atoms with E-state index in [1.165, 1.54) is 0 Å². The molecule has 3 aliphatic rings. The molecule has 0 spiro atoms. The number of ether oxygens (including phenoxy) is 2. The predicted octanol–water partition coefficient (Wildman–Crippen LogP) is 4.33. The van der Waals surface area contributed by atoms with Crippen LogP contribution >= 0.6 is 0 Å². The smallest absolute Gasteiger partial charge is 0.303 e. The van der Waals surface area contributed by atoms with Crippen LogP contribution in [0.25, 0.3) is 0 Å². The van der Waals surface area contributed by atoms with Gasteiger partial charge in [-0.25, -0.2) is 4.57 Å². The number of carbonyl (C=O) groups is 5. The second kappa shape index (κ2) is 26.6. The first-order valence-electron chi connectivity index (χ1n) is 24.7. The average Bonchev–Trinajstić information content (AvgIpc) is 3.78. The minimum atomic E-state index is -1.58. The molecule has 1 aromatic carbocycles. The number of unbranched alkanes of at least 4 members (excludes halogenated alkanes) is 5. The van der Waals surface area contributed by atoms with Gasteiger partial charge in [0.05, 0.1) is 30.9 Å². The number of aromatic nitrogens is 1. The molecule has 378 valence electrons. The number of hydrogen-bond donors (Lipinski definition) is 7. The van der Waals surface area contributed by atoms with Crippen LogP contribution in [0.3, 0.4) is 0 Å². The lowest BCUT2D eigenvalue weighted by Gasteiger charge is -2.41. The average molecular weight is 962 g/mol. The summed E-state index contributed by atoms with van der Waals surface area (Å²) in [5, 5.41) is 64.8. The zero-order valence-corrected chi connectivity index (χ0v) is 40.3. The van der Waals surface area contributed by atoms with E-state index in [1.807, 2.05) is 48.4 Å². The summed E-state index contributed by atoms with van der Waals surface area (Å²) < 4.78 is 13.5. The Balaban J connectivity index is 1.12. The van der Waals surface area contributed by atoms with Crippen molar-refractivity contribution in [1.29, 1.82) is 5.26 Å². The van der Waals surface area contributed by atoms with Crippen molar-refractivity contribution in [3.8, 4) is 11.9 Å². The number of amides is 3. The third-order valence-electron chi connectivity index (χ3n) is 13.8. The Bertz CT molecular complexity index is 2130. The standard InChI is InChI=1S/C51H72N6O12/c1-35-27-37(30-57-25-19-36(20-26-57)28-38(53-34-52)13-7-5-3-4-6-8-16-44(63)56(2)32-50(33-58)21-9-10-22-50)29-39(48(35)69-49-47(67)46(66)40(59)31-68-49)54-42(61)15-11-14-41(60)51(23-12-24-51)55-43(62)17-18-45(64)65/h19-20,25-27,29,40,46-47,49,58-59,66-67H,3-18,21-24,28,30-33H2,1-2H3,(H2-,54,55,61,62,64,65)/p+1/t40?,46-,47-,49?/m0/s1. The Morgan fingerprint density at radius 1 is 0.855 bits per heavy atom. The molecular weight excluding hydrogens is 889 g/mol. The first-order chi connectivity index (χ1) is 33.1. The van der Waals surface area contributed by atoms with Gasteiger partial charge in [0, 0.05) is 74.5 Å². The van der Waals surface area contributed by atoms with Crippen molar-refractivity contribution < 1.29 is 63.5 Å². The fourth-order valence-electron chi connectivity index (χ4n) is 9.60. The number of ketones is 1. The van der Waals surface area contributed by atoms with E-state index in [4.69, 9.17) is 14.6 Å². The molecule has 69 heavy (non-hydrogen) atoms. The lowest BCUT2D eigenvalue weighted by Crippen LogP contribution is -2.59. The van der Waals surface area contributed by atoms with E-state index in [2.05, 4.69) is 15.6 Å². The molecule has 2 unspecified atom stereocenters. The predicted molar refractivity (Wildman–Crippen MR) is 254 cm³/mol. The van der Waals surface area contributed by atoms with Crippen LogP contribution in [0, 0.1) is 23.8 Å². The topological polar surface area (TPSA) is 272 Å². The van der Waals surface area contributed by atoms with Gasteiger partial charge in [0.1, 0.15) is 24.1 Å². The Labute approximate surface area is 405 Å². The lowest BCUT2D eigenvalue weighted by atomic mass is 9.72. The Morgan fingerprint density at radius 2 is 1.54 bits per heavy atom. The van der Waals surface area contributed by atoms with Gasteiger partial charge in [0.2, 0.25) is 30.2 Å². The summed E-state index contributed by atoms with van der Waals surface area (Å²) in [5.41, 5.74) is 2.24. The number of nitrogens with zero attached hydrogens (tertiary/aromatic N) is 4. The number of hydrogen-bond acceptors (Lipinski definition) is 13. The fourth-order valence-corrected chi connectivity index (χ4v) is 9.60. The highest BCUT2D eigenvalue weighted by Crippen LogP contribution is 2.39. The summed E-state index contributed by atoms with van der Waals surface area (Å²) >= 11 is 0. The maximum atomic E-state index is 13.4. The van der Waals surface area contributed by atoms with Crippen LogP contribution in [-0.4, -0.2) is 123 Å². The molecule has 3 amide bonds. The van der Waals surface area contributed by atoms with E-state index < -0.39 is 47.9 Å². The molecule has 2 heterocycles. The minimum absolute atomic E-state index is 0.0199. The van der Waals surface area contributed by atoms with Gasteiger partial charge in [-0.05, 0) is 88.0 Å². The van der Waals surface area contributed by atoms with E-state index in [0.29, 0.717) is 50.8 Å². The van der Waals surface area contributed by atoms with Crippen LogP contribution in [-0.2, 0) is 41.7 Å². The van der Waals surface area contributed by atoms with Crippen LogP contribution in [0.2, 0.25) is 0 Å². The van der Waals surface area contributed by atoms with Crippen molar-refractivity contribution in [2.45, 2.75) is 178 Å². The van der Waals surface area contributed by atoms with E-state index >= 15 is 0 Å². The Kier molecular flexibility index (Phi) is 21.1. The van der Waals surface area contributed by atoms with E-state index in [0.717, 1.165) is 87.5 Å². The molecule has 4 atom stereocenters. The minimum Gasteiger partial charge on any atom is -0.481 e. The molecule has 2 saturated carbocycles. The van der Waals surface area contributed by atoms with Gasteiger partial charge >= 0.3 is 5.97 Å². The highest BCUT2D eigenvalue weighted by molar-refractivity contribution is 5.96. The number of aliphatic imine (C=N–C) groups is 1. The molecule has 18 heteroatoms. The molecule has 3 fully saturated rings. The monoisotopic (exact) mass is 962 g/mol. The highest BCUT2D eigenvalue weighted by Gasteiger charge is 2.44.